The molecule has 4 heteroatoms. The Kier molecular flexibility index (Phi) is 10.9. The van der Waals surface area contributed by atoms with Crippen LogP contribution in [0, 0.1) is 47.3 Å². The van der Waals surface area contributed by atoms with Gasteiger partial charge in [-0.1, -0.05) is 59.5 Å². The summed E-state index contributed by atoms with van der Waals surface area (Å²) in [4.78, 5) is 25.7. The average Bonchev–Trinajstić information content (AvgIpc) is 2.78. The number of ether oxygens (including phenoxy) is 2. The summed E-state index contributed by atoms with van der Waals surface area (Å²) in [5.74, 6) is 3.78. The molecule has 0 saturated heterocycles. The van der Waals surface area contributed by atoms with Crippen LogP contribution in [0.4, 0.5) is 0 Å². The number of carbonyl (C=O) groups excluding carboxylic acids is 2. The van der Waals surface area contributed by atoms with E-state index in [9.17, 15) is 9.59 Å². The van der Waals surface area contributed by atoms with Gasteiger partial charge in [0.1, 0.15) is 12.2 Å². The topological polar surface area (TPSA) is 52.6 Å². The molecule has 0 bridgehead atoms. The first-order valence-corrected chi connectivity index (χ1v) is 15.1. The molecule has 0 heterocycles. The molecule has 0 spiro atoms. The van der Waals surface area contributed by atoms with E-state index in [2.05, 4.69) is 34.6 Å². The molecule has 8 atom stereocenters. The van der Waals surface area contributed by atoms with Gasteiger partial charge < -0.3 is 9.47 Å². The second-order valence-corrected chi connectivity index (χ2v) is 13.6. The molecule has 3 aliphatic rings. The molecule has 4 nitrogen and oxygen atoms in total. The third kappa shape index (κ3) is 8.35. The fraction of sp³-hybridized carbons (Fsp3) is 0.875. The highest BCUT2D eigenvalue weighted by Gasteiger charge is 2.39. The van der Waals surface area contributed by atoms with Crippen molar-refractivity contribution in [3.05, 3.63) is 11.6 Å². The van der Waals surface area contributed by atoms with Crippen molar-refractivity contribution in [2.45, 2.75) is 131 Å². The van der Waals surface area contributed by atoms with Gasteiger partial charge in [-0.3, -0.25) is 4.79 Å². The minimum Gasteiger partial charge on any atom is -0.462 e. The van der Waals surface area contributed by atoms with Crippen LogP contribution in [-0.2, 0) is 19.1 Å². The monoisotopic (exact) mass is 502 g/mol. The number of allylic oxidation sites excluding steroid dienone is 1. The first-order chi connectivity index (χ1) is 17.0. The molecule has 0 aromatic heterocycles. The molecule has 3 aliphatic carbocycles. The highest BCUT2D eigenvalue weighted by molar-refractivity contribution is 5.82. The van der Waals surface area contributed by atoms with Crippen molar-refractivity contribution < 1.29 is 19.1 Å². The normalized spacial score (nSPS) is 35.4. The number of rotatable bonds is 8. The van der Waals surface area contributed by atoms with Crippen molar-refractivity contribution in [2.24, 2.45) is 47.3 Å². The number of esters is 2. The van der Waals surface area contributed by atoms with Gasteiger partial charge in [0.2, 0.25) is 0 Å². The van der Waals surface area contributed by atoms with Gasteiger partial charge >= 0.3 is 11.9 Å². The zero-order chi connectivity index (χ0) is 26.4. The van der Waals surface area contributed by atoms with Gasteiger partial charge in [-0.25, -0.2) is 4.79 Å². The molecule has 0 aromatic carbocycles. The summed E-state index contributed by atoms with van der Waals surface area (Å²) in [5, 5.41) is 0. The summed E-state index contributed by atoms with van der Waals surface area (Å²) in [6.45, 7) is 15.2. The summed E-state index contributed by atoms with van der Waals surface area (Å²) in [5.41, 5.74) is 0.982. The van der Waals surface area contributed by atoms with E-state index < -0.39 is 0 Å². The van der Waals surface area contributed by atoms with Gasteiger partial charge in [0.05, 0.1) is 5.92 Å². The Labute approximate surface area is 221 Å². The van der Waals surface area contributed by atoms with Crippen LogP contribution >= 0.6 is 0 Å². The van der Waals surface area contributed by atoms with E-state index in [1.807, 2.05) is 13.8 Å². The van der Waals surface area contributed by atoms with E-state index in [0.29, 0.717) is 41.4 Å². The minimum atomic E-state index is -0.191. The Morgan fingerprint density at radius 1 is 0.778 bits per heavy atom. The van der Waals surface area contributed by atoms with Gasteiger partial charge in [-0.05, 0) is 107 Å². The summed E-state index contributed by atoms with van der Waals surface area (Å²) in [6, 6.07) is 0. The van der Waals surface area contributed by atoms with Crippen molar-refractivity contribution in [1.29, 1.82) is 0 Å². The maximum atomic E-state index is 13.3. The summed E-state index contributed by atoms with van der Waals surface area (Å²) < 4.78 is 12.2. The highest BCUT2D eigenvalue weighted by Crippen LogP contribution is 2.42. The molecule has 206 valence electrons. The Balaban J connectivity index is 1.55. The van der Waals surface area contributed by atoms with Gasteiger partial charge in [-0.2, -0.15) is 0 Å². The molecule has 0 amide bonds. The number of hydrogen-bond donors (Lipinski definition) is 0. The molecular weight excluding hydrogens is 448 g/mol. The highest BCUT2D eigenvalue weighted by atomic mass is 16.5. The van der Waals surface area contributed by atoms with Crippen LogP contribution in [0.5, 0.6) is 0 Å². The zero-order valence-corrected chi connectivity index (χ0v) is 24.3. The van der Waals surface area contributed by atoms with Crippen LogP contribution in [0.2, 0.25) is 0 Å². The first-order valence-electron chi connectivity index (χ1n) is 15.1. The van der Waals surface area contributed by atoms with Crippen molar-refractivity contribution in [3.8, 4) is 0 Å². The minimum absolute atomic E-state index is 0.0115. The van der Waals surface area contributed by atoms with Crippen molar-refractivity contribution in [3.63, 3.8) is 0 Å². The third-order valence-corrected chi connectivity index (χ3v) is 9.49. The molecule has 3 saturated carbocycles. The van der Waals surface area contributed by atoms with Crippen LogP contribution in [0.15, 0.2) is 11.6 Å². The van der Waals surface area contributed by atoms with Crippen LogP contribution in [0.3, 0.4) is 0 Å². The van der Waals surface area contributed by atoms with E-state index in [4.69, 9.17) is 9.47 Å². The SMILES string of the molecule is CC(C)=CC(=O)OC1CC(CC2CCCC(C(=O)OC3CC(C)CCC3C(C)C)C2)CCC1C(C)C. The van der Waals surface area contributed by atoms with E-state index in [-0.39, 0.29) is 30.1 Å². The van der Waals surface area contributed by atoms with Crippen LogP contribution in [0.25, 0.3) is 0 Å². The molecule has 0 aromatic rings. The molecular formula is C32H54O4. The lowest BCUT2D eigenvalue weighted by atomic mass is 9.70. The molecule has 0 radical (unpaired) electrons. The first kappa shape index (κ1) is 29.2. The van der Waals surface area contributed by atoms with Crippen LogP contribution in [-0.4, -0.2) is 24.1 Å². The fourth-order valence-corrected chi connectivity index (χ4v) is 7.45. The van der Waals surface area contributed by atoms with Gasteiger partial charge in [0.15, 0.2) is 0 Å². The van der Waals surface area contributed by atoms with Crippen molar-refractivity contribution >= 4 is 11.9 Å². The van der Waals surface area contributed by atoms with Crippen LogP contribution in [0.1, 0.15) is 119 Å². The second kappa shape index (κ2) is 13.5. The molecule has 36 heavy (non-hydrogen) atoms. The van der Waals surface area contributed by atoms with E-state index in [1.165, 1.54) is 25.7 Å². The Morgan fingerprint density at radius 2 is 1.39 bits per heavy atom. The largest absolute Gasteiger partial charge is 0.462 e. The van der Waals surface area contributed by atoms with Gasteiger partial charge in [0.25, 0.3) is 0 Å². The predicted molar refractivity (Wildman–Crippen MR) is 146 cm³/mol. The number of hydrogen-bond acceptors (Lipinski definition) is 4. The quantitative estimate of drug-likeness (QED) is 0.248. The lowest BCUT2D eigenvalue weighted by Crippen LogP contribution is -2.38. The molecule has 3 rings (SSSR count). The lowest BCUT2D eigenvalue weighted by molar-refractivity contribution is -0.163. The summed E-state index contributed by atoms with van der Waals surface area (Å²) >= 11 is 0. The zero-order valence-electron chi connectivity index (χ0n) is 24.3. The van der Waals surface area contributed by atoms with Gasteiger partial charge in [0, 0.05) is 6.08 Å². The number of carbonyl (C=O) groups is 2. The average molecular weight is 503 g/mol. The van der Waals surface area contributed by atoms with E-state index >= 15 is 0 Å². The molecule has 0 N–H and O–H groups in total. The summed E-state index contributed by atoms with van der Waals surface area (Å²) in [6.07, 6.45) is 13.9. The predicted octanol–water partition coefficient (Wildman–Crippen LogP) is 8.14. The summed E-state index contributed by atoms with van der Waals surface area (Å²) in [7, 11) is 0. The van der Waals surface area contributed by atoms with Gasteiger partial charge in [-0.15, -0.1) is 0 Å². The van der Waals surface area contributed by atoms with Crippen molar-refractivity contribution in [1.82, 2.24) is 0 Å². The lowest BCUT2D eigenvalue weighted by Gasteiger charge is -2.40. The Bertz CT molecular complexity index is 749. The standard InChI is InChI=1S/C32H54O4/c1-20(2)15-31(33)35-30-19-25(12-14-28(30)22(5)6)17-24-9-8-10-26(18-24)32(34)36-29-16-23(7)11-13-27(29)21(3)4/h15,21-30H,8-14,16-19H2,1-7H3. The Morgan fingerprint density at radius 3 is 2.03 bits per heavy atom. The third-order valence-electron chi connectivity index (χ3n) is 9.49. The van der Waals surface area contributed by atoms with Crippen LogP contribution < -0.4 is 0 Å². The maximum absolute atomic E-state index is 13.3. The Hall–Kier alpha value is -1.32. The smallest absolute Gasteiger partial charge is 0.330 e. The maximum Gasteiger partial charge on any atom is 0.330 e. The second-order valence-electron chi connectivity index (χ2n) is 13.6. The molecule has 8 unspecified atom stereocenters. The fourth-order valence-electron chi connectivity index (χ4n) is 7.45. The molecule has 3 fully saturated rings. The molecule has 0 aliphatic heterocycles. The van der Waals surface area contributed by atoms with Crippen molar-refractivity contribution in [2.75, 3.05) is 0 Å². The van der Waals surface area contributed by atoms with E-state index in [0.717, 1.165) is 50.5 Å². The van der Waals surface area contributed by atoms with E-state index in [1.54, 1.807) is 6.08 Å².